The number of imidazole rings is 2. The third kappa shape index (κ3) is 5.33. The van der Waals surface area contributed by atoms with Crippen LogP contribution in [-0.2, 0) is 11.2 Å². The van der Waals surface area contributed by atoms with Crippen molar-refractivity contribution in [3.8, 4) is 22.6 Å². The van der Waals surface area contributed by atoms with Gasteiger partial charge < -0.3 is 10.3 Å². The van der Waals surface area contributed by atoms with Gasteiger partial charge in [0.15, 0.2) is 11.4 Å². The lowest BCUT2D eigenvalue weighted by Crippen LogP contribution is -2.40. The topological polar surface area (TPSA) is 124 Å². The molecule has 0 bridgehead atoms. The van der Waals surface area contributed by atoms with Gasteiger partial charge in [0.1, 0.15) is 11.5 Å². The van der Waals surface area contributed by atoms with Crippen molar-refractivity contribution in [1.82, 2.24) is 34.0 Å². The van der Waals surface area contributed by atoms with E-state index in [9.17, 15) is 14.0 Å². The Kier molecular flexibility index (Phi) is 7.15. The van der Waals surface area contributed by atoms with Crippen molar-refractivity contribution in [3.63, 3.8) is 0 Å². The number of rotatable bonds is 8. The minimum atomic E-state index is -0.335. The van der Waals surface area contributed by atoms with Gasteiger partial charge in [0.25, 0.3) is 0 Å². The number of ketones is 1. The van der Waals surface area contributed by atoms with E-state index in [4.69, 9.17) is 15.8 Å². The van der Waals surface area contributed by atoms with Crippen molar-refractivity contribution in [2.75, 3.05) is 19.6 Å². The summed E-state index contributed by atoms with van der Waals surface area (Å²) in [5, 5.41) is 5.72. The van der Waals surface area contributed by atoms with Crippen LogP contribution in [0.15, 0.2) is 85.5 Å². The Morgan fingerprint density at radius 2 is 1.75 bits per heavy atom. The second kappa shape index (κ2) is 11.4. The number of pyridine rings is 1. The van der Waals surface area contributed by atoms with Crippen molar-refractivity contribution in [3.05, 3.63) is 103 Å². The number of halogens is 1. The van der Waals surface area contributed by atoms with Crippen LogP contribution in [-0.4, -0.2) is 65.4 Å². The van der Waals surface area contributed by atoms with Gasteiger partial charge in [-0.3, -0.25) is 19.5 Å². The van der Waals surface area contributed by atoms with Crippen LogP contribution in [0.4, 0.5) is 4.39 Å². The van der Waals surface area contributed by atoms with Gasteiger partial charge in [0.05, 0.1) is 48.1 Å². The molecule has 1 aliphatic heterocycles. The summed E-state index contributed by atoms with van der Waals surface area (Å²) in [5.74, 6) is -0.707. The van der Waals surface area contributed by atoms with E-state index in [1.165, 1.54) is 12.1 Å². The number of benzene rings is 2. The fourth-order valence-corrected chi connectivity index (χ4v) is 6.03. The molecular formula is C33H29FN8O2. The fraction of sp³-hybridized carbons (Fsp3) is 0.212. The number of aromatic nitrogens is 6. The lowest BCUT2D eigenvalue weighted by molar-refractivity contribution is -0.119. The van der Waals surface area contributed by atoms with Crippen LogP contribution < -0.4 is 5.73 Å². The maximum absolute atomic E-state index is 13.8. The second-order valence-corrected chi connectivity index (χ2v) is 11.1. The van der Waals surface area contributed by atoms with E-state index in [0.29, 0.717) is 28.3 Å². The van der Waals surface area contributed by atoms with Crippen LogP contribution in [0.25, 0.3) is 39.2 Å². The van der Waals surface area contributed by atoms with E-state index in [1.54, 1.807) is 35.1 Å². The first-order valence-corrected chi connectivity index (χ1v) is 14.5. The normalized spacial score (nSPS) is 14.4. The highest BCUT2D eigenvalue weighted by molar-refractivity contribution is 6.07. The molecule has 5 heterocycles. The summed E-state index contributed by atoms with van der Waals surface area (Å²) in [6, 6.07) is 19.5. The van der Waals surface area contributed by atoms with Gasteiger partial charge in [0.2, 0.25) is 5.91 Å². The molecule has 1 saturated heterocycles. The molecule has 1 amide bonds. The van der Waals surface area contributed by atoms with Crippen LogP contribution >= 0.6 is 0 Å². The number of carbonyl (C=O) groups excluding carboxylic acids is 2. The molecule has 2 aromatic carbocycles. The average molecular weight is 589 g/mol. The summed E-state index contributed by atoms with van der Waals surface area (Å²) in [6.07, 6.45) is 6.98. The van der Waals surface area contributed by atoms with E-state index < -0.39 is 0 Å². The van der Waals surface area contributed by atoms with Gasteiger partial charge >= 0.3 is 0 Å². The number of Topliss-reactive ketones (excluding diaryl/α,β-unsaturated/α-hetero) is 1. The van der Waals surface area contributed by atoms with Crippen molar-refractivity contribution < 1.29 is 14.0 Å². The van der Waals surface area contributed by atoms with Crippen LogP contribution in [0.5, 0.6) is 0 Å². The Balaban J connectivity index is 1.22. The maximum atomic E-state index is 13.8. The van der Waals surface area contributed by atoms with Crippen LogP contribution in [0.2, 0.25) is 0 Å². The number of hydrogen-bond acceptors (Lipinski definition) is 7. The van der Waals surface area contributed by atoms with Gasteiger partial charge in [-0.1, -0.05) is 18.2 Å². The number of piperidine rings is 1. The number of nitrogens with zero attached hydrogens (tertiary/aromatic N) is 7. The van der Waals surface area contributed by atoms with Crippen LogP contribution in [0.1, 0.15) is 34.9 Å². The third-order valence-corrected chi connectivity index (χ3v) is 8.15. The summed E-state index contributed by atoms with van der Waals surface area (Å²) in [7, 11) is 0. The molecule has 0 aliphatic carbocycles. The largest absolute Gasteiger partial charge is 0.369 e. The molecule has 11 heteroatoms. The summed E-state index contributed by atoms with van der Waals surface area (Å²) >= 11 is 0. The molecule has 4 aromatic heterocycles. The highest BCUT2D eigenvalue weighted by Crippen LogP contribution is 2.35. The van der Waals surface area contributed by atoms with E-state index in [1.807, 2.05) is 42.7 Å². The Bertz CT molecular complexity index is 2000. The number of amides is 1. The number of likely N-dealkylation sites (tertiary alicyclic amines) is 1. The molecule has 0 saturated carbocycles. The summed E-state index contributed by atoms with van der Waals surface area (Å²) < 4.78 is 17.6. The van der Waals surface area contributed by atoms with Gasteiger partial charge in [-0.2, -0.15) is 5.10 Å². The first-order valence-electron chi connectivity index (χ1n) is 14.5. The van der Waals surface area contributed by atoms with E-state index in [0.717, 1.165) is 48.1 Å². The number of para-hydroxylation sites is 1. The fourth-order valence-electron chi connectivity index (χ4n) is 6.03. The smallest absolute Gasteiger partial charge is 0.231 e. The maximum Gasteiger partial charge on any atom is 0.231 e. The molecule has 44 heavy (non-hydrogen) atoms. The van der Waals surface area contributed by atoms with Crippen LogP contribution in [0.3, 0.4) is 0 Å². The van der Waals surface area contributed by atoms with E-state index in [2.05, 4.69) is 19.4 Å². The zero-order valence-electron chi connectivity index (χ0n) is 23.8. The van der Waals surface area contributed by atoms with Crippen molar-refractivity contribution >= 4 is 28.2 Å². The highest BCUT2D eigenvalue weighted by atomic mass is 19.1. The molecule has 220 valence electrons. The molecule has 2 N–H and O–H groups in total. The molecule has 1 fully saturated rings. The van der Waals surface area contributed by atoms with Gasteiger partial charge in [0, 0.05) is 41.8 Å². The summed E-state index contributed by atoms with van der Waals surface area (Å²) in [6.45, 7) is 1.70. The van der Waals surface area contributed by atoms with Crippen molar-refractivity contribution in [2.45, 2.75) is 25.3 Å². The first kappa shape index (κ1) is 27.5. The second-order valence-electron chi connectivity index (χ2n) is 11.1. The van der Waals surface area contributed by atoms with Crippen molar-refractivity contribution in [1.29, 1.82) is 0 Å². The quantitative estimate of drug-likeness (QED) is 0.260. The Labute approximate surface area is 252 Å². The molecule has 1 aliphatic rings. The van der Waals surface area contributed by atoms with Crippen molar-refractivity contribution in [2.24, 2.45) is 5.73 Å². The molecule has 0 radical (unpaired) electrons. The molecule has 7 rings (SSSR count). The first-order chi connectivity index (χ1) is 21.4. The van der Waals surface area contributed by atoms with Gasteiger partial charge in [-0.25, -0.2) is 18.9 Å². The average Bonchev–Trinajstić information content (AvgIpc) is 3.65. The standard InChI is InChI=1S/C33H29FN8O2/c34-22-7-5-21(6-8-22)32-33(41(20-37-32)24-12-15-40(16-13-24)19-30(35)44)28-9-10-31-38-23(18-42(31)39-28)17-29(43)26-11-14-36-27-4-2-1-3-25(26)27/h1-11,14,18,20,24H,12-13,15-17,19H2,(H2,35,44). The molecule has 6 aromatic rings. The van der Waals surface area contributed by atoms with E-state index >= 15 is 0 Å². The molecular weight excluding hydrogens is 559 g/mol. The molecule has 0 atom stereocenters. The number of hydrogen-bond donors (Lipinski definition) is 1. The predicted octanol–water partition coefficient (Wildman–Crippen LogP) is 4.49. The number of nitrogens with two attached hydrogens (primary N) is 1. The Morgan fingerprint density at radius 1 is 0.955 bits per heavy atom. The lowest BCUT2D eigenvalue weighted by Gasteiger charge is -2.32. The Hall–Kier alpha value is -5.29. The van der Waals surface area contributed by atoms with Gasteiger partial charge in [-0.05, 0) is 61.4 Å². The minimum Gasteiger partial charge on any atom is -0.369 e. The lowest BCUT2D eigenvalue weighted by atomic mass is 10.0. The number of primary amides is 1. The number of fused-ring (bicyclic) bond motifs is 2. The SMILES string of the molecule is NC(=O)CN1CCC(n2cnc(-c3ccc(F)cc3)c2-c2ccc3nc(CC(=O)c4ccnc5ccccc45)cn3n2)CC1. The summed E-state index contributed by atoms with van der Waals surface area (Å²) in [4.78, 5) is 40.6. The zero-order chi connectivity index (χ0) is 30.2. The summed E-state index contributed by atoms with van der Waals surface area (Å²) in [5.41, 5.74) is 11.0. The Morgan fingerprint density at radius 3 is 2.55 bits per heavy atom. The molecule has 10 nitrogen and oxygen atoms in total. The third-order valence-electron chi connectivity index (χ3n) is 8.15. The zero-order valence-corrected chi connectivity index (χ0v) is 23.8. The number of carbonyl (C=O) groups is 2. The minimum absolute atomic E-state index is 0.0495. The monoisotopic (exact) mass is 588 g/mol. The van der Waals surface area contributed by atoms with Gasteiger partial charge in [-0.15, -0.1) is 0 Å². The highest BCUT2D eigenvalue weighted by Gasteiger charge is 2.26. The molecule has 0 spiro atoms. The van der Waals surface area contributed by atoms with Crippen LogP contribution in [0, 0.1) is 5.82 Å². The van der Waals surface area contributed by atoms with E-state index in [-0.39, 0.29) is 36.5 Å². The predicted molar refractivity (Wildman–Crippen MR) is 163 cm³/mol. The molecule has 0 unspecified atom stereocenters.